The van der Waals surface area contributed by atoms with E-state index in [2.05, 4.69) is 9.97 Å². The topological polar surface area (TPSA) is 103 Å². The van der Waals surface area contributed by atoms with Crippen LogP contribution >= 0.6 is 0 Å². The molecular weight excluding hydrogens is 304 g/mol. The van der Waals surface area contributed by atoms with E-state index in [0.29, 0.717) is 12.2 Å². The van der Waals surface area contributed by atoms with Crippen LogP contribution in [0.15, 0.2) is 11.2 Å². The van der Waals surface area contributed by atoms with Crippen molar-refractivity contribution in [3.63, 3.8) is 0 Å². The zero-order valence-corrected chi connectivity index (χ0v) is 13.0. The Labute approximate surface area is 118 Å². The fourth-order valence-corrected chi connectivity index (χ4v) is 4.22. The van der Waals surface area contributed by atoms with E-state index in [1.165, 1.54) is 14.8 Å². The minimum atomic E-state index is -3.63. The van der Waals surface area contributed by atoms with Gasteiger partial charge in [0.05, 0.1) is 12.5 Å². The number of imidazole rings is 1. The minimum absolute atomic E-state index is 0.0576. The van der Waals surface area contributed by atoms with Crippen molar-refractivity contribution in [2.24, 2.45) is 0 Å². The van der Waals surface area contributed by atoms with Crippen LogP contribution in [0.4, 0.5) is 0 Å². The molecule has 0 amide bonds. The summed E-state index contributed by atoms with van der Waals surface area (Å²) in [6.45, 7) is 2.52. The van der Waals surface area contributed by atoms with Gasteiger partial charge in [-0.3, -0.25) is 0 Å². The smallest absolute Gasteiger partial charge is 0.260 e. The molecule has 2 rings (SSSR count). The fourth-order valence-electron chi connectivity index (χ4n) is 2.03. The summed E-state index contributed by atoms with van der Waals surface area (Å²) >= 11 is 0. The van der Waals surface area contributed by atoms with Crippen molar-refractivity contribution >= 4 is 20.0 Å². The second kappa shape index (κ2) is 5.43. The number of aromatic amines is 1. The van der Waals surface area contributed by atoms with Gasteiger partial charge in [0.1, 0.15) is 5.82 Å². The number of piperazine rings is 1. The first-order valence-corrected chi connectivity index (χ1v) is 9.53. The van der Waals surface area contributed by atoms with Crippen molar-refractivity contribution in [2.45, 2.75) is 18.4 Å². The zero-order chi connectivity index (χ0) is 15.0. The van der Waals surface area contributed by atoms with Crippen molar-refractivity contribution in [2.75, 3.05) is 32.4 Å². The van der Waals surface area contributed by atoms with Gasteiger partial charge in [-0.2, -0.15) is 8.61 Å². The number of nitrogens with one attached hydrogen (secondary N) is 1. The summed E-state index contributed by atoms with van der Waals surface area (Å²) in [5.74, 6) is 0.610. The summed E-state index contributed by atoms with van der Waals surface area (Å²) in [5.41, 5.74) is 0. The van der Waals surface area contributed by atoms with Crippen LogP contribution in [0.1, 0.15) is 12.7 Å². The van der Waals surface area contributed by atoms with Gasteiger partial charge in [0.25, 0.3) is 10.0 Å². The predicted molar refractivity (Wildman–Crippen MR) is 73.1 cm³/mol. The molecule has 0 bridgehead atoms. The summed E-state index contributed by atoms with van der Waals surface area (Å²) in [4.78, 5) is 6.75. The van der Waals surface area contributed by atoms with E-state index in [-0.39, 0.29) is 31.2 Å². The predicted octanol–water partition coefficient (Wildman–Crippen LogP) is -0.762. The number of aromatic nitrogens is 2. The molecular formula is C10H18N4O4S2. The molecule has 0 unspecified atom stereocenters. The summed E-state index contributed by atoms with van der Waals surface area (Å²) in [6.07, 6.45) is 3.05. The molecule has 1 N–H and O–H groups in total. The molecule has 8 nitrogen and oxygen atoms in total. The highest BCUT2D eigenvalue weighted by molar-refractivity contribution is 7.89. The minimum Gasteiger partial charge on any atom is -0.332 e. The Morgan fingerprint density at radius 1 is 1.15 bits per heavy atom. The average Bonchev–Trinajstić information content (AvgIpc) is 2.87. The molecule has 20 heavy (non-hydrogen) atoms. The quantitative estimate of drug-likeness (QED) is 0.784. The van der Waals surface area contributed by atoms with E-state index in [4.69, 9.17) is 0 Å². The number of nitrogens with zero attached hydrogens (tertiary/aromatic N) is 3. The lowest BCUT2D eigenvalue weighted by atomic mass is 10.4. The normalized spacial score (nSPS) is 19.3. The van der Waals surface area contributed by atoms with Gasteiger partial charge >= 0.3 is 0 Å². The highest BCUT2D eigenvalue weighted by atomic mass is 32.2. The van der Waals surface area contributed by atoms with Crippen LogP contribution in [0.3, 0.4) is 0 Å². The Morgan fingerprint density at radius 3 is 2.15 bits per heavy atom. The first-order valence-electron chi connectivity index (χ1n) is 6.24. The monoisotopic (exact) mass is 322 g/mol. The number of aryl methyl sites for hydroxylation is 1. The Morgan fingerprint density at radius 2 is 1.70 bits per heavy atom. The lowest BCUT2D eigenvalue weighted by Gasteiger charge is -2.31. The summed E-state index contributed by atoms with van der Waals surface area (Å²) in [5, 5.41) is 0.0576. The standard InChI is InChI=1S/C10H18N4O4S2/c1-3-9-11-8-10(12-9)20(17,18)14-6-4-13(5-7-14)19(2,15)16/h8H,3-7H2,1-2H3,(H,11,12). The van der Waals surface area contributed by atoms with Gasteiger partial charge in [-0.15, -0.1) is 0 Å². The maximum atomic E-state index is 12.4. The Bertz CT molecular complexity index is 672. The van der Waals surface area contributed by atoms with E-state index >= 15 is 0 Å². The maximum Gasteiger partial charge on any atom is 0.260 e. The van der Waals surface area contributed by atoms with Crippen molar-refractivity contribution in [3.05, 3.63) is 12.0 Å². The summed E-state index contributed by atoms with van der Waals surface area (Å²) in [7, 11) is -6.89. The van der Waals surface area contributed by atoms with Crippen molar-refractivity contribution in [1.82, 2.24) is 18.6 Å². The molecule has 1 aromatic rings. The molecule has 1 saturated heterocycles. The second-order valence-corrected chi connectivity index (χ2v) is 8.50. The third kappa shape index (κ3) is 3.03. The van der Waals surface area contributed by atoms with Gasteiger partial charge in [0.2, 0.25) is 10.0 Å². The SMILES string of the molecule is CCc1ncc(S(=O)(=O)N2CCN(S(C)(=O)=O)CC2)[nH]1. The lowest BCUT2D eigenvalue weighted by molar-refractivity contribution is 0.273. The number of rotatable bonds is 4. The molecule has 1 aliphatic heterocycles. The van der Waals surface area contributed by atoms with Crippen molar-refractivity contribution in [1.29, 1.82) is 0 Å². The molecule has 2 heterocycles. The van der Waals surface area contributed by atoms with Crippen LogP contribution in [0, 0.1) is 0 Å². The first kappa shape index (κ1) is 15.4. The van der Waals surface area contributed by atoms with Crippen molar-refractivity contribution in [3.8, 4) is 0 Å². The molecule has 10 heteroatoms. The summed E-state index contributed by atoms with van der Waals surface area (Å²) in [6, 6.07) is 0. The average molecular weight is 322 g/mol. The number of H-pyrrole nitrogens is 1. The van der Waals surface area contributed by atoms with Crippen LogP contribution in [-0.2, 0) is 26.5 Å². The van der Waals surface area contributed by atoms with E-state index in [9.17, 15) is 16.8 Å². The van der Waals surface area contributed by atoms with Gasteiger partial charge in [-0.1, -0.05) is 6.92 Å². The van der Waals surface area contributed by atoms with Crippen LogP contribution in [0.25, 0.3) is 0 Å². The highest BCUT2D eigenvalue weighted by Crippen LogP contribution is 2.17. The van der Waals surface area contributed by atoms with E-state index in [1.807, 2.05) is 6.92 Å². The molecule has 114 valence electrons. The van der Waals surface area contributed by atoms with Crippen LogP contribution in [-0.4, -0.2) is 67.8 Å². The third-order valence-corrected chi connectivity index (χ3v) is 6.34. The van der Waals surface area contributed by atoms with Gasteiger partial charge in [-0.05, 0) is 0 Å². The lowest BCUT2D eigenvalue weighted by Crippen LogP contribution is -2.50. The van der Waals surface area contributed by atoms with E-state index in [0.717, 1.165) is 6.26 Å². The number of hydrogen-bond donors (Lipinski definition) is 1. The first-order chi connectivity index (χ1) is 9.25. The van der Waals surface area contributed by atoms with Gasteiger partial charge < -0.3 is 4.98 Å². The molecule has 0 atom stereocenters. The molecule has 1 aromatic heterocycles. The van der Waals surface area contributed by atoms with Crippen LogP contribution in [0.2, 0.25) is 0 Å². The van der Waals surface area contributed by atoms with Crippen LogP contribution in [0.5, 0.6) is 0 Å². The molecule has 0 aliphatic carbocycles. The van der Waals surface area contributed by atoms with Gasteiger partial charge in [-0.25, -0.2) is 21.8 Å². The fraction of sp³-hybridized carbons (Fsp3) is 0.700. The number of hydrogen-bond acceptors (Lipinski definition) is 5. The zero-order valence-electron chi connectivity index (χ0n) is 11.4. The Balaban J connectivity index is 2.13. The molecule has 0 spiro atoms. The van der Waals surface area contributed by atoms with Gasteiger partial charge in [0.15, 0.2) is 5.03 Å². The molecule has 0 aromatic carbocycles. The number of sulfonamides is 2. The molecule has 1 aliphatic rings. The molecule has 1 fully saturated rings. The third-order valence-electron chi connectivity index (χ3n) is 3.22. The largest absolute Gasteiger partial charge is 0.332 e. The van der Waals surface area contributed by atoms with Crippen molar-refractivity contribution < 1.29 is 16.8 Å². The highest BCUT2D eigenvalue weighted by Gasteiger charge is 2.32. The second-order valence-electron chi connectivity index (χ2n) is 4.61. The summed E-state index contributed by atoms with van der Waals surface area (Å²) < 4.78 is 50.1. The van der Waals surface area contributed by atoms with E-state index in [1.54, 1.807) is 0 Å². The molecule has 0 saturated carbocycles. The molecule has 0 radical (unpaired) electrons. The van der Waals surface area contributed by atoms with E-state index < -0.39 is 20.0 Å². The Hall–Kier alpha value is -0.970. The maximum absolute atomic E-state index is 12.4. The van der Waals surface area contributed by atoms with Crippen LogP contribution < -0.4 is 0 Å². The Kier molecular flexibility index (Phi) is 4.19. The van der Waals surface area contributed by atoms with Gasteiger partial charge in [0, 0.05) is 32.6 Å².